The number of para-hydroxylation sites is 1. The van der Waals surface area contributed by atoms with Crippen molar-refractivity contribution >= 4 is 22.9 Å². The zero-order chi connectivity index (χ0) is 17.1. The molecule has 2 heterocycles. The van der Waals surface area contributed by atoms with Gasteiger partial charge in [0.2, 0.25) is 0 Å². The Morgan fingerprint density at radius 2 is 2.04 bits per heavy atom. The third-order valence-electron chi connectivity index (χ3n) is 4.00. The van der Waals surface area contributed by atoms with Crippen LogP contribution in [0.2, 0.25) is 0 Å². The highest BCUT2D eigenvalue weighted by Gasteiger charge is 2.23. The van der Waals surface area contributed by atoms with Crippen molar-refractivity contribution in [2.45, 2.75) is 39.5 Å². The van der Waals surface area contributed by atoms with E-state index in [9.17, 15) is 4.79 Å². The lowest BCUT2D eigenvalue weighted by Crippen LogP contribution is -2.44. The summed E-state index contributed by atoms with van der Waals surface area (Å²) in [6.07, 6.45) is 2.09. The molecule has 0 radical (unpaired) electrons. The topological polar surface area (TPSA) is 54.5 Å². The number of nitrogens with one attached hydrogen (secondary N) is 1. The molecule has 1 fully saturated rings. The standard InChI is InChI=1S/C18H23N3O2S/c1-12-9-21(10-13(2)23-12)11-15-6-4-5-7-16(15)20-18(22)17-8-19-14(3)24-17/h4-8,12-13H,9-11H2,1-3H3,(H,20,22)/t12-,13-/m1/s1. The maximum Gasteiger partial charge on any atom is 0.267 e. The molecule has 0 bridgehead atoms. The summed E-state index contributed by atoms with van der Waals surface area (Å²) in [6, 6.07) is 7.98. The number of morpholine rings is 1. The minimum atomic E-state index is -0.100. The molecule has 0 saturated carbocycles. The Kier molecular flexibility index (Phi) is 5.28. The van der Waals surface area contributed by atoms with Crippen LogP contribution in [0.15, 0.2) is 30.5 Å². The Hall–Kier alpha value is -1.76. The van der Waals surface area contributed by atoms with Crippen molar-refractivity contribution in [3.63, 3.8) is 0 Å². The van der Waals surface area contributed by atoms with Crippen LogP contribution in [0, 0.1) is 6.92 Å². The summed E-state index contributed by atoms with van der Waals surface area (Å²) < 4.78 is 5.79. The second-order valence-electron chi connectivity index (χ2n) is 6.31. The van der Waals surface area contributed by atoms with Gasteiger partial charge in [0.1, 0.15) is 4.88 Å². The summed E-state index contributed by atoms with van der Waals surface area (Å²) in [5.74, 6) is -0.100. The van der Waals surface area contributed by atoms with Gasteiger partial charge in [-0.05, 0) is 32.4 Å². The fourth-order valence-corrected chi connectivity index (χ4v) is 3.76. The van der Waals surface area contributed by atoms with Crippen molar-refractivity contribution in [2.24, 2.45) is 0 Å². The molecule has 5 nitrogen and oxygen atoms in total. The molecular weight excluding hydrogens is 322 g/mol. The molecule has 0 aliphatic carbocycles. The number of carbonyl (C=O) groups excluding carboxylic acids is 1. The minimum absolute atomic E-state index is 0.100. The molecule has 2 aromatic rings. The van der Waals surface area contributed by atoms with Crippen molar-refractivity contribution in [1.82, 2.24) is 9.88 Å². The molecule has 1 aliphatic heterocycles. The summed E-state index contributed by atoms with van der Waals surface area (Å²) >= 11 is 1.41. The van der Waals surface area contributed by atoms with Gasteiger partial charge in [0.15, 0.2) is 0 Å². The van der Waals surface area contributed by atoms with Crippen molar-refractivity contribution in [3.05, 3.63) is 45.9 Å². The van der Waals surface area contributed by atoms with Crippen LogP contribution in [0.5, 0.6) is 0 Å². The SMILES string of the molecule is Cc1ncc(C(=O)Nc2ccccc2CN2C[C@@H](C)O[C@H](C)C2)s1. The van der Waals surface area contributed by atoms with Gasteiger partial charge in [-0.15, -0.1) is 11.3 Å². The predicted molar refractivity (Wildman–Crippen MR) is 96.5 cm³/mol. The molecule has 2 atom stereocenters. The summed E-state index contributed by atoms with van der Waals surface area (Å²) in [5, 5.41) is 3.92. The van der Waals surface area contributed by atoms with Crippen molar-refractivity contribution in [2.75, 3.05) is 18.4 Å². The lowest BCUT2D eigenvalue weighted by molar-refractivity contribution is -0.0704. The summed E-state index contributed by atoms with van der Waals surface area (Å²) in [4.78, 5) is 19.6. The third kappa shape index (κ3) is 4.20. The Morgan fingerprint density at radius 3 is 2.71 bits per heavy atom. The molecule has 3 rings (SSSR count). The third-order valence-corrected chi connectivity index (χ3v) is 4.91. The molecule has 128 valence electrons. The van der Waals surface area contributed by atoms with Crippen LogP contribution in [0.4, 0.5) is 5.69 Å². The Bertz CT molecular complexity index is 706. The van der Waals surface area contributed by atoms with Gasteiger partial charge in [-0.25, -0.2) is 4.98 Å². The highest BCUT2D eigenvalue weighted by atomic mass is 32.1. The number of thiazole rings is 1. The number of nitrogens with zero attached hydrogens (tertiary/aromatic N) is 2. The monoisotopic (exact) mass is 345 g/mol. The number of carbonyl (C=O) groups is 1. The molecule has 0 spiro atoms. The molecule has 1 aromatic carbocycles. The van der Waals surface area contributed by atoms with Gasteiger partial charge in [-0.1, -0.05) is 18.2 Å². The molecular formula is C18H23N3O2S. The second-order valence-corrected chi connectivity index (χ2v) is 7.54. The Morgan fingerprint density at radius 1 is 1.33 bits per heavy atom. The van der Waals surface area contributed by atoms with E-state index < -0.39 is 0 Å². The van der Waals surface area contributed by atoms with E-state index >= 15 is 0 Å². The van der Waals surface area contributed by atoms with Gasteiger partial charge in [-0.3, -0.25) is 9.69 Å². The number of aryl methyl sites for hydroxylation is 1. The number of rotatable bonds is 4. The van der Waals surface area contributed by atoms with Crippen LogP contribution >= 0.6 is 11.3 Å². The smallest absolute Gasteiger partial charge is 0.267 e. The lowest BCUT2D eigenvalue weighted by Gasteiger charge is -2.35. The fourth-order valence-electron chi connectivity index (χ4n) is 3.08. The van der Waals surface area contributed by atoms with E-state index in [0.717, 1.165) is 35.9 Å². The molecule has 1 aliphatic rings. The Labute approximate surface area is 146 Å². The fraction of sp³-hybridized carbons (Fsp3) is 0.444. The summed E-state index contributed by atoms with van der Waals surface area (Å²) in [7, 11) is 0. The maximum atomic E-state index is 12.4. The molecule has 1 saturated heterocycles. The zero-order valence-corrected chi connectivity index (χ0v) is 15.1. The average molecular weight is 345 g/mol. The molecule has 24 heavy (non-hydrogen) atoms. The minimum Gasteiger partial charge on any atom is -0.373 e. The van der Waals surface area contributed by atoms with E-state index in [4.69, 9.17) is 4.74 Å². The van der Waals surface area contributed by atoms with Crippen LogP contribution in [-0.2, 0) is 11.3 Å². The molecule has 1 aromatic heterocycles. The van der Waals surface area contributed by atoms with Gasteiger partial charge in [-0.2, -0.15) is 0 Å². The highest BCUT2D eigenvalue weighted by molar-refractivity contribution is 7.13. The first-order valence-corrected chi connectivity index (χ1v) is 9.02. The first-order chi connectivity index (χ1) is 11.5. The van der Waals surface area contributed by atoms with Gasteiger partial charge in [0.05, 0.1) is 23.4 Å². The molecule has 1 N–H and O–H groups in total. The largest absolute Gasteiger partial charge is 0.373 e. The number of anilines is 1. The number of hydrogen-bond acceptors (Lipinski definition) is 5. The number of aromatic nitrogens is 1. The quantitative estimate of drug-likeness (QED) is 0.924. The van der Waals surface area contributed by atoms with E-state index in [1.807, 2.05) is 25.1 Å². The van der Waals surface area contributed by atoms with E-state index in [0.29, 0.717) is 4.88 Å². The van der Waals surface area contributed by atoms with Crippen LogP contribution in [0.25, 0.3) is 0 Å². The zero-order valence-electron chi connectivity index (χ0n) is 14.3. The average Bonchev–Trinajstić information content (AvgIpc) is 2.95. The van der Waals surface area contributed by atoms with Crippen LogP contribution < -0.4 is 5.32 Å². The second kappa shape index (κ2) is 7.42. The van der Waals surface area contributed by atoms with Gasteiger partial charge < -0.3 is 10.1 Å². The number of ether oxygens (including phenoxy) is 1. The number of amides is 1. The van der Waals surface area contributed by atoms with Crippen LogP contribution in [-0.4, -0.2) is 41.1 Å². The van der Waals surface area contributed by atoms with Crippen molar-refractivity contribution in [3.8, 4) is 0 Å². The van der Waals surface area contributed by atoms with Gasteiger partial charge >= 0.3 is 0 Å². The first-order valence-electron chi connectivity index (χ1n) is 8.21. The molecule has 6 heteroatoms. The predicted octanol–water partition coefficient (Wildman–Crippen LogP) is 3.31. The molecule has 1 amide bonds. The normalized spacial score (nSPS) is 21.6. The lowest BCUT2D eigenvalue weighted by atomic mass is 10.1. The van der Waals surface area contributed by atoms with Gasteiger partial charge in [0.25, 0.3) is 5.91 Å². The first kappa shape index (κ1) is 17.1. The van der Waals surface area contributed by atoms with E-state index in [1.165, 1.54) is 11.3 Å². The van der Waals surface area contributed by atoms with Gasteiger partial charge in [0, 0.05) is 25.3 Å². The summed E-state index contributed by atoms with van der Waals surface area (Å²) in [5.41, 5.74) is 1.98. The van der Waals surface area contributed by atoms with Crippen LogP contribution in [0.3, 0.4) is 0 Å². The highest BCUT2D eigenvalue weighted by Crippen LogP contribution is 2.22. The summed E-state index contributed by atoms with van der Waals surface area (Å²) in [6.45, 7) is 8.71. The Balaban J connectivity index is 1.72. The van der Waals surface area contributed by atoms with Crippen molar-refractivity contribution < 1.29 is 9.53 Å². The molecule has 0 unspecified atom stereocenters. The van der Waals surface area contributed by atoms with E-state index in [2.05, 4.69) is 35.1 Å². The van der Waals surface area contributed by atoms with E-state index in [-0.39, 0.29) is 18.1 Å². The van der Waals surface area contributed by atoms with Crippen LogP contribution in [0.1, 0.15) is 34.1 Å². The number of hydrogen-bond donors (Lipinski definition) is 1. The van der Waals surface area contributed by atoms with E-state index in [1.54, 1.807) is 6.20 Å². The maximum absolute atomic E-state index is 12.4. The van der Waals surface area contributed by atoms with Crippen molar-refractivity contribution in [1.29, 1.82) is 0 Å². The number of benzene rings is 1.